The van der Waals surface area contributed by atoms with Gasteiger partial charge in [-0.05, 0) is 19.1 Å². The molecular formula is C12H20N2O5S. The molecule has 0 aromatic heterocycles. The van der Waals surface area contributed by atoms with Crippen LogP contribution in [0.4, 0.5) is 4.79 Å². The normalized spacial score (nSPS) is 23.6. The van der Waals surface area contributed by atoms with Crippen LogP contribution in [0.5, 0.6) is 0 Å². The maximum Gasteiger partial charge on any atom is 0.326 e. The van der Waals surface area contributed by atoms with Gasteiger partial charge in [0.25, 0.3) is 0 Å². The maximum atomic E-state index is 11.8. The number of carboxylic acids is 2. The predicted octanol–water partition coefficient (Wildman–Crippen LogP) is 0.888. The summed E-state index contributed by atoms with van der Waals surface area (Å²) in [5.74, 6) is -2.62. The Hall–Kier alpha value is -1.44. The monoisotopic (exact) mass is 304 g/mol. The van der Waals surface area contributed by atoms with E-state index in [9.17, 15) is 14.4 Å². The fraction of sp³-hybridized carbons (Fsp3) is 0.750. The van der Waals surface area contributed by atoms with Gasteiger partial charge in [-0.25, -0.2) is 9.59 Å². The average Bonchev–Trinajstić information content (AvgIpc) is 2.37. The van der Waals surface area contributed by atoms with Crippen molar-refractivity contribution in [2.75, 3.05) is 6.26 Å². The molecule has 0 heterocycles. The van der Waals surface area contributed by atoms with Crippen LogP contribution in [0.2, 0.25) is 0 Å². The van der Waals surface area contributed by atoms with E-state index in [0.717, 1.165) is 25.7 Å². The smallest absolute Gasteiger partial charge is 0.326 e. The SMILES string of the molecule is CSC1CCCCC1NC(=O)N[C@H](CC(=O)O)C(=O)O. The van der Waals surface area contributed by atoms with Gasteiger partial charge in [0.2, 0.25) is 0 Å². The van der Waals surface area contributed by atoms with Gasteiger partial charge in [-0.1, -0.05) is 12.8 Å². The molecule has 2 unspecified atom stereocenters. The third kappa shape index (κ3) is 5.28. The van der Waals surface area contributed by atoms with Gasteiger partial charge in [0.1, 0.15) is 6.04 Å². The topological polar surface area (TPSA) is 116 Å². The van der Waals surface area contributed by atoms with Gasteiger partial charge in [0, 0.05) is 11.3 Å². The highest BCUT2D eigenvalue weighted by molar-refractivity contribution is 7.99. The molecule has 1 rings (SSSR count). The van der Waals surface area contributed by atoms with Crippen LogP contribution in [-0.4, -0.2) is 51.8 Å². The number of nitrogens with one attached hydrogen (secondary N) is 2. The highest BCUT2D eigenvalue weighted by Crippen LogP contribution is 2.26. The van der Waals surface area contributed by atoms with Gasteiger partial charge in [-0.3, -0.25) is 4.79 Å². The van der Waals surface area contributed by atoms with Crippen molar-refractivity contribution in [3.05, 3.63) is 0 Å². The molecule has 7 nitrogen and oxygen atoms in total. The van der Waals surface area contributed by atoms with Gasteiger partial charge in [0.05, 0.1) is 6.42 Å². The molecule has 1 fully saturated rings. The van der Waals surface area contributed by atoms with E-state index in [0.29, 0.717) is 5.25 Å². The number of hydrogen-bond donors (Lipinski definition) is 4. The van der Waals surface area contributed by atoms with E-state index in [4.69, 9.17) is 10.2 Å². The van der Waals surface area contributed by atoms with Crippen molar-refractivity contribution in [2.45, 2.75) is 49.4 Å². The molecule has 0 saturated heterocycles. The fourth-order valence-corrected chi connectivity index (χ4v) is 3.22. The van der Waals surface area contributed by atoms with Crippen LogP contribution in [0.1, 0.15) is 32.1 Å². The molecular weight excluding hydrogens is 284 g/mol. The summed E-state index contributed by atoms with van der Waals surface area (Å²) in [6, 6.07) is -2.04. The minimum absolute atomic E-state index is 0.00183. The molecule has 0 aliphatic heterocycles. The molecule has 1 aliphatic rings. The largest absolute Gasteiger partial charge is 0.481 e. The molecule has 0 aromatic carbocycles. The number of amides is 2. The van der Waals surface area contributed by atoms with Crippen LogP contribution in [0.25, 0.3) is 0 Å². The summed E-state index contributed by atoms with van der Waals surface area (Å²) >= 11 is 1.68. The van der Waals surface area contributed by atoms with E-state index < -0.39 is 30.4 Å². The number of carbonyl (C=O) groups excluding carboxylic acids is 1. The van der Waals surface area contributed by atoms with Gasteiger partial charge >= 0.3 is 18.0 Å². The zero-order valence-corrected chi connectivity index (χ0v) is 12.1. The first-order valence-electron chi connectivity index (χ1n) is 6.48. The summed E-state index contributed by atoms with van der Waals surface area (Å²) in [6.07, 6.45) is 5.37. The van der Waals surface area contributed by atoms with Crippen molar-refractivity contribution in [2.24, 2.45) is 0 Å². The zero-order chi connectivity index (χ0) is 15.1. The van der Waals surface area contributed by atoms with Crippen LogP contribution in [-0.2, 0) is 9.59 Å². The first-order chi connectivity index (χ1) is 9.43. The molecule has 8 heteroatoms. The van der Waals surface area contributed by atoms with Crippen molar-refractivity contribution >= 4 is 29.7 Å². The first-order valence-corrected chi connectivity index (χ1v) is 7.77. The predicted molar refractivity (Wildman–Crippen MR) is 74.9 cm³/mol. The highest BCUT2D eigenvalue weighted by atomic mass is 32.2. The van der Waals surface area contributed by atoms with Crippen LogP contribution < -0.4 is 10.6 Å². The Balaban J connectivity index is 2.51. The summed E-state index contributed by atoms with van der Waals surface area (Å²) in [4.78, 5) is 33.2. The van der Waals surface area contributed by atoms with Crippen molar-refractivity contribution < 1.29 is 24.6 Å². The van der Waals surface area contributed by atoms with Crippen molar-refractivity contribution in [1.82, 2.24) is 10.6 Å². The molecule has 0 bridgehead atoms. The average molecular weight is 304 g/mol. The summed E-state index contributed by atoms with van der Waals surface area (Å²) in [6.45, 7) is 0. The lowest BCUT2D eigenvalue weighted by atomic mass is 9.95. The van der Waals surface area contributed by atoms with E-state index in [2.05, 4.69) is 10.6 Å². The third-order valence-electron chi connectivity index (χ3n) is 3.30. The van der Waals surface area contributed by atoms with E-state index in [1.165, 1.54) is 0 Å². The highest BCUT2D eigenvalue weighted by Gasteiger charge is 2.28. The molecule has 0 aromatic rings. The summed E-state index contributed by atoms with van der Waals surface area (Å²) in [7, 11) is 0. The van der Waals surface area contributed by atoms with E-state index >= 15 is 0 Å². The standard InChI is InChI=1S/C12H20N2O5S/c1-20-9-5-3-2-4-7(9)13-12(19)14-8(11(17)18)6-10(15)16/h7-9H,2-6H2,1H3,(H,15,16)(H,17,18)(H2,13,14,19)/t7?,8-,9?/m1/s1. The lowest BCUT2D eigenvalue weighted by Gasteiger charge is -2.31. The van der Waals surface area contributed by atoms with E-state index in [1.807, 2.05) is 6.26 Å². The molecule has 2 amide bonds. The number of rotatable bonds is 6. The zero-order valence-electron chi connectivity index (χ0n) is 11.3. The van der Waals surface area contributed by atoms with Crippen LogP contribution in [0.15, 0.2) is 0 Å². The Morgan fingerprint density at radius 2 is 1.90 bits per heavy atom. The number of carboxylic acid groups (broad SMARTS) is 2. The number of hydrogen-bond acceptors (Lipinski definition) is 4. The summed E-state index contributed by atoms with van der Waals surface area (Å²) in [5, 5.41) is 22.7. The molecule has 0 radical (unpaired) electrons. The van der Waals surface area contributed by atoms with Gasteiger partial charge < -0.3 is 20.8 Å². The van der Waals surface area contributed by atoms with Crippen molar-refractivity contribution in [1.29, 1.82) is 0 Å². The summed E-state index contributed by atoms with van der Waals surface area (Å²) in [5.41, 5.74) is 0. The maximum absolute atomic E-state index is 11.8. The molecule has 1 saturated carbocycles. The van der Waals surface area contributed by atoms with Crippen LogP contribution in [0, 0.1) is 0 Å². The number of thioether (sulfide) groups is 1. The molecule has 3 atom stereocenters. The second-order valence-electron chi connectivity index (χ2n) is 4.77. The molecule has 1 aliphatic carbocycles. The Labute approximate surface area is 121 Å². The van der Waals surface area contributed by atoms with E-state index in [-0.39, 0.29) is 6.04 Å². The molecule has 20 heavy (non-hydrogen) atoms. The van der Waals surface area contributed by atoms with Gasteiger partial charge in [0.15, 0.2) is 0 Å². The van der Waals surface area contributed by atoms with Crippen LogP contribution in [0.3, 0.4) is 0 Å². The Bertz CT molecular complexity index is 377. The molecule has 0 spiro atoms. The Morgan fingerprint density at radius 3 is 2.45 bits per heavy atom. The van der Waals surface area contributed by atoms with Crippen LogP contribution >= 0.6 is 11.8 Å². The van der Waals surface area contributed by atoms with Crippen molar-refractivity contribution in [3.8, 4) is 0 Å². The van der Waals surface area contributed by atoms with Gasteiger partial charge in [-0.15, -0.1) is 0 Å². The Kier molecular flexibility index (Phi) is 6.63. The van der Waals surface area contributed by atoms with Gasteiger partial charge in [-0.2, -0.15) is 11.8 Å². The second kappa shape index (κ2) is 7.98. The molecule has 4 N–H and O–H groups in total. The third-order valence-corrected chi connectivity index (χ3v) is 4.47. The fourth-order valence-electron chi connectivity index (χ4n) is 2.29. The first kappa shape index (κ1) is 16.6. The lowest BCUT2D eigenvalue weighted by molar-refractivity contribution is -0.145. The minimum atomic E-state index is -1.41. The summed E-state index contributed by atoms with van der Waals surface area (Å²) < 4.78 is 0. The number of urea groups is 1. The van der Waals surface area contributed by atoms with E-state index in [1.54, 1.807) is 11.8 Å². The molecule has 114 valence electrons. The Morgan fingerprint density at radius 1 is 1.25 bits per heavy atom. The van der Waals surface area contributed by atoms with Crippen molar-refractivity contribution in [3.63, 3.8) is 0 Å². The minimum Gasteiger partial charge on any atom is -0.481 e. The number of aliphatic carboxylic acids is 2. The lowest BCUT2D eigenvalue weighted by Crippen LogP contribution is -2.52. The number of carbonyl (C=O) groups is 3. The second-order valence-corrected chi connectivity index (χ2v) is 5.85. The quantitative estimate of drug-likeness (QED) is 0.579.